The Hall–Kier alpha value is -1.08. The molecular formula is C11H18N2O2. The molecule has 15 heavy (non-hydrogen) atoms. The van der Waals surface area contributed by atoms with Crippen LogP contribution in [-0.4, -0.2) is 36.1 Å². The van der Waals surface area contributed by atoms with Crippen LogP contribution in [0.3, 0.4) is 0 Å². The van der Waals surface area contributed by atoms with E-state index in [2.05, 4.69) is 6.07 Å². The van der Waals surface area contributed by atoms with Gasteiger partial charge in [-0.3, -0.25) is 4.79 Å². The van der Waals surface area contributed by atoms with Gasteiger partial charge in [0.1, 0.15) is 5.92 Å². The van der Waals surface area contributed by atoms with Crippen LogP contribution in [0, 0.1) is 17.2 Å². The summed E-state index contributed by atoms with van der Waals surface area (Å²) >= 11 is 0. The number of carbonyl (C=O) groups excluding carboxylic acids is 1. The number of ether oxygens (including phenoxy) is 1. The highest BCUT2D eigenvalue weighted by atomic mass is 16.5. The SMILES string of the molecule is CCC(C#N)C(=O)N1CCOCC1(C)C. The van der Waals surface area contributed by atoms with Gasteiger partial charge in [0.25, 0.3) is 0 Å². The van der Waals surface area contributed by atoms with Gasteiger partial charge in [-0.2, -0.15) is 5.26 Å². The van der Waals surface area contributed by atoms with Gasteiger partial charge in [-0.1, -0.05) is 6.92 Å². The monoisotopic (exact) mass is 210 g/mol. The number of amides is 1. The van der Waals surface area contributed by atoms with Crippen LogP contribution in [0.4, 0.5) is 0 Å². The highest BCUT2D eigenvalue weighted by molar-refractivity contribution is 5.82. The Morgan fingerprint density at radius 2 is 2.33 bits per heavy atom. The van der Waals surface area contributed by atoms with E-state index in [0.29, 0.717) is 26.2 Å². The molecule has 0 saturated carbocycles. The van der Waals surface area contributed by atoms with E-state index in [0.717, 1.165) is 0 Å². The lowest BCUT2D eigenvalue weighted by molar-refractivity contribution is -0.149. The summed E-state index contributed by atoms with van der Waals surface area (Å²) in [6.07, 6.45) is 0.572. The Morgan fingerprint density at radius 3 is 2.80 bits per heavy atom. The Kier molecular flexibility index (Phi) is 3.70. The van der Waals surface area contributed by atoms with Crippen molar-refractivity contribution in [3.8, 4) is 6.07 Å². The molecule has 0 aromatic heterocycles. The number of hydrogen-bond acceptors (Lipinski definition) is 3. The second-order valence-electron chi connectivity index (χ2n) is 4.44. The molecule has 1 fully saturated rings. The zero-order valence-electron chi connectivity index (χ0n) is 9.62. The van der Waals surface area contributed by atoms with E-state index in [9.17, 15) is 4.79 Å². The van der Waals surface area contributed by atoms with Gasteiger partial charge < -0.3 is 9.64 Å². The predicted octanol–water partition coefficient (Wildman–Crippen LogP) is 1.17. The van der Waals surface area contributed by atoms with E-state index in [1.54, 1.807) is 4.90 Å². The summed E-state index contributed by atoms with van der Waals surface area (Å²) in [5, 5.41) is 8.87. The summed E-state index contributed by atoms with van der Waals surface area (Å²) < 4.78 is 5.34. The van der Waals surface area contributed by atoms with Crippen LogP contribution >= 0.6 is 0 Å². The normalized spacial score (nSPS) is 21.9. The molecule has 1 heterocycles. The van der Waals surface area contributed by atoms with Crippen molar-refractivity contribution in [3.63, 3.8) is 0 Å². The average molecular weight is 210 g/mol. The molecule has 4 nitrogen and oxygen atoms in total. The third-order valence-electron chi connectivity index (χ3n) is 2.77. The first-order valence-electron chi connectivity index (χ1n) is 5.31. The second-order valence-corrected chi connectivity index (χ2v) is 4.44. The predicted molar refractivity (Wildman–Crippen MR) is 56.0 cm³/mol. The van der Waals surface area contributed by atoms with E-state index in [1.807, 2.05) is 20.8 Å². The smallest absolute Gasteiger partial charge is 0.240 e. The first-order chi connectivity index (χ1) is 7.03. The summed E-state index contributed by atoms with van der Waals surface area (Å²) in [5.74, 6) is -0.573. The Labute approximate surface area is 90.8 Å². The number of hydrogen-bond donors (Lipinski definition) is 0. The number of morpholine rings is 1. The van der Waals surface area contributed by atoms with Crippen molar-refractivity contribution >= 4 is 5.91 Å². The van der Waals surface area contributed by atoms with Crippen LogP contribution in [0.15, 0.2) is 0 Å². The fourth-order valence-electron chi connectivity index (χ4n) is 1.78. The van der Waals surface area contributed by atoms with Crippen molar-refractivity contribution in [2.45, 2.75) is 32.7 Å². The van der Waals surface area contributed by atoms with Crippen molar-refractivity contribution in [2.75, 3.05) is 19.8 Å². The minimum atomic E-state index is -0.512. The van der Waals surface area contributed by atoms with E-state index < -0.39 is 5.92 Å². The maximum absolute atomic E-state index is 12.0. The largest absolute Gasteiger partial charge is 0.377 e. The second kappa shape index (κ2) is 4.63. The molecule has 1 amide bonds. The van der Waals surface area contributed by atoms with E-state index in [4.69, 9.17) is 10.00 Å². The molecule has 0 aliphatic carbocycles. The molecular weight excluding hydrogens is 192 g/mol. The summed E-state index contributed by atoms with van der Waals surface area (Å²) in [5.41, 5.74) is -0.292. The Morgan fingerprint density at radius 1 is 1.67 bits per heavy atom. The molecule has 1 unspecified atom stereocenters. The van der Waals surface area contributed by atoms with Crippen molar-refractivity contribution in [1.82, 2.24) is 4.90 Å². The van der Waals surface area contributed by atoms with E-state index >= 15 is 0 Å². The molecule has 1 atom stereocenters. The molecule has 1 rings (SSSR count). The fourth-order valence-corrected chi connectivity index (χ4v) is 1.78. The molecule has 0 spiro atoms. The molecule has 0 N–H and O–H groups in total. The maximum atomic E-state index is 12.0. The number of nitrogens with zero attached hydrogens (tertiary/aromatic N) is 2. The van der Waals surface area contributed by atoms with Crippen molar-refractivity contribution < 1.29 is 9.53 Å². The zero-order chi connectivity index (χ0) is 11.5. The van der Waals surface area contributed by atoms with Gasteiger partial charge in [0, 0.05) is 6.54 Å². The van der Waals surface area contributed by atoms with Crippen LogP contribution < -0.4 is 0 Å². The molecule has 0 bridgehead atoms. The van der Waals surface area contributed by atoms with Crippen molar-refractivity contribution in [1.29, 1.82) is 5.26 Å². The first-order valence-corrected chi connectivity index (χ1v) is 5.31. The number of carbonyl (C=O) groups is 1. The van der Waals surface area contributed by atoms with Crippen LogP contribution in [-0.2, 0) is 9.53 Å². The highest BCUT2D eigenvalue weighted by Crippen LogP contribution is 2.22. The summed E-state index contributed by atoms with van der Waals surface area (Å²) in [6.45, 7) is 7.49. The van der Waals surface area contributed by atoms with Gasteiger partial charge in [0.2, 0.25) is 5.91 Å². The van der Waals surface area contributed by atoms with Crippen molar-refractivity contribution in [3.05, 3.63) is 0 Å². The topological polar surface area (TPSA) is 53.3 Å². The molecule has 0 aromatic carbocycles. The van der Waals surface area contributed by atoms with Gasteiger partial charge in [0.05, 0.1) is 24.8 Å². The van der Waals surface area contributed by atoms with E-state index in [1.165, 1.54) is 0 Å². The highest BCUT2D eigenvalue weighted by Gasteiger charge is 2.36. The van der Waals surface area contributed by atoms with E-state index in [-0.39, 0.29) is 11.4 Å². The van der Waals surface area contributed by atoms with Crippen LogP contribution in [0.25, 0.3) is 0 Å². The van der Waals surface area contributed by atoms with Gasteiger partial charge in [-0.15, -0.1) is 0 Å². The van der Waals surface area contributed by atoms with Gasteiger partial charge in [0.15, 0.2) is 0 Å². The molecule has 1 aliphatic rings. The Bertz CT molecular complexity index is 281. The molecule has 1 aliphatic heterocycles. The fraction of sp³-hybridized carbons (Fsp3) is 0.818. The molecule has 1 saturated heterocycles. The zero-order valence-corrected chi connectivity index (χ0v) is 9.62. The molecule has 4 heteroatoms. The average Bonchev–Trinajstić information content (AvgIpc) is 2.18. The lowest BCUT2D eigenvalue weighted by Gasteiger charge is -2.42. The minimum absolute atomic E-state index is 0.0618. The van der Waals surface area contributed by atoms with Gasteiger partial charge in [-0.25, -0.2) is 0 Å². The van der Waals surface area contributed by atoms with Crippen molar-refractivity contribution in [2.24, 2.45) is 5.92 Å². The summed E-state index contributed by atoms with van der Waals surface area (Å²) in [7, 11) is 0. The third-order valence-corrected chi connectivity index (χ3v) is 2.77. The number of rotatable bonds is 2. The van der Waals surface area contributed by atoms with Crippen LogP contribution in [0.5, 0.6) is 0 Å². The van der Waals surface area contributed by atoms with Crippen LogP contribution in [0.1, 0.15) is 27.2 Å². The molecule has 84 valence electrons. The molecule has 0 aromatic rings. The lowest BCUT2D eigenvalue weighted by Crippen LogP contribution is -2.56. The summed E-state index contributed by atoms with van der Waals surface area (Å²) in [4.78, 5) is 13.8. The lowest BCUT2D eigenvalue weighted by atomic mass is 9.98. The minimum Gasteiger partial charge on any atom is -0.377 e. The Balaban J connectivity index is 2.77. The standard InChI is InChI=1S/C11H18N2O2/c1-4-9(7-12)10(14)13-5-6-15-8-11(13,2)3/h9H,4-6,8H2,1-3H3. The first kappa shape index (κ1) is 12.0. The maximum Gasteiger partial charge on any atom is 0.240 e. The number of nitriles is 1. The quantitative estimate of drug-likeness (QED) is 0.687. The van der Waals surface area contributed by atoms with Crippen LogP contribution in [0.2, 0.25) is 0 Å². The van der Waals surface area contributed by atoms with Gasteiger partial charge in [-0.05, 0) is 20.3 Å². The van der Waals surface area contributed by atoms with Gasteiger partial charge >= 0.3 is 0 Å². The third kappa shape index (κ3) is 2.48. The molecule has 0 radical (unpaired) electrons. The summed E-state index contributed by atoms with van der Waals surface area (Å²) in [6, 6.07) is 2.05.